The van der Waals surface area contributed by atoms with Crippen LogP contribution < -0.4 is 5.32 Å². The van der Waals surface area contributed by atoms with Gasteiger partial charge in [-0.15, -0.1) is 0 Å². The average Bonchev–Trinajstić information content (AvgIpc) is 2.49. The van der Waals surface area contributed by atoms with E-state index in [1.807, 2.05) is 13.8 Å². The largest absolute Gasteiger partial charge is 0.456 e. The van der Waals surface area contributed by atoms with E-state index in [2.05, 4.69) is 27.3 Å². The Morgan fingerprint density at radius 2 is 1.92 bits per heavy atom. The zero-order valence-corrected chi connectivity index (χ0v) is 17.5. The lowest BCUT2D eigenvalue weighted by Crippen LogP contribution is -2.53. The predicted octanol–water partition coefficient (Wildman–Crippen LogP) is 3.71. The molecule has 4 aliphatic carbocycles. The average molecular weight is 425 g/mol. The maximum absolute atomic E-state index is 12.4. The summed E-state index contributed by atoms with van der Waals surface area (Å²) < 4.78 is 5.48. The van der Waals surface area contributed by atoms with Gasteiger partial charge in [-0.2, -0.15) is 5.26 Å². The molecule has 0 saturated heterocycles. The molecule has 1 amide bonds. The van der Waals surface area contributed by atoms with Crippen LogP contribution in [0.4, 0.5) is 0 Å². The fourth-order valence-corrected chi connectivity index (χ4v) is 7.18. The zero-order valence-electron chi connectivity index (χ0n) is 15.9. The van der Waals surface area contributed by atoms with Gasteiger partial charge in [-0.3, -0.25) is 9.59 Å². The van der Waals surface area contributed by atoms with Crippen LogP contribution in [0.15, 0.2) is 0 Å². The van der Waals surface area contributed by atoms with Gasteiger partial charge in [-0.1, -0.05) is 29.8 Å². The number of nitrogens with one attached hydrogen (secondary N) is 1. The number of carbonyl (C=O) groups is 2. The molecule has 0 aromatic rings. The van der Waals surface area contributed by atoms with Crippen molar-refractivity contribution in [2.45, 2.75) is 75.6 Å². The Kier molecular flexibility index (Phi) is 5.16. The molecule has 0 aromatic heterocycles. The van der Waals surface area contributed by atoms with Gasteiger partial charge in [0.25, 0.3) is 5.91 Å². The number of halogens is 1. The number of nitrogens with zero attached hydrogens (tertiary/aromatic N) is 1. The second-order valence-electron chi connectivity index (χ2n) is 9.47. The fraction of sp³-hybridized carbons (Fsp3) is 0.850. The highest BCUT2D eigenvalue weighted by molar-refractivity contribution is 9.10. The third kappa shape index (κ3) is 3.93. The molecule has 26 heavy (non-hydrogen) atoms. The van der Waals surface area contributed by atoms with Gasteiger partial charge in [0.15, 0.2) is 6.61 Å². The van der Waals surface area contributed by atoms with E-state index in [0.29, 0.717) is 18.3 Å². The Hall–Kier alpha value is -1.09. The predicted molar refractivity (Wildman–Crippen MR) is 101 cm³/mol. The topological polar surface area (TPSA) is 79.2 Å². The number of carbonyl (C=O) groups excluding carboxylic acids is 2. The van der Waals surface area contributed by atoms with E-state index in [9.17, 15) is 14.9 Å². The van der Waals surface area contributed by atoms with E-state index >= 15 is 0 Å². The van der Waals surface area contributed by atoms with Gasteiger partial charge in [0, 0.05) is 4.32 Å². The number of nitriles is 1. The molecular weight excluding hydrogens is 396 g/mol. The normalized spacial score (nSPS) is 37.1. The molecule has 0 spiro atoms. The highest BCUT2D eigenvalue weighted by Crippen LogP contribution is 2.65. The second-order valence-corrected chi connectivity index (χ2v) is 11.1. The summed E-state index contributed by atoms with van der Waals surface area (Å²) in [6.45, 7) is 5.12. The van der Waals surface area contributed by atoms with Gasteiger partial charge < -0.3 is 10.1 Å². The maximum Gasteiger partial charge on any atom is 0.306 e. The van der Waals surface area contributed by atoms with Crippen LogP contribution in [0.3, 0.4) is 0 Å². The molecule has 0 unspecified atom stereocenters. The van der Waals surface area contributed by atoms with Crippen molar-refractivity contribution in [3.8, 4) is 6.07 Å². The Balaban J connectivity index is 1.52. The summed E-state index contributed by atoms with van der Waals surface area (Å²) >= 11 is 3.95. The van der Waals surface area contributed by atoms with Crippen molar-refractivity contribution in [2.24, 2.45) is 23.2 Å². The molecule has 4 rings (SSSR count). The van der Waals surface area contributed by atoms with Crippen LogP contribution in [0.1, 0.15) is 65.7 Å². The fourth-order valence-electron chi connectivity index (χ4n) is 5.67. The Morgan fingerprint density at radius 3 is 2.42 bits per heavy atom. The summed E-state index contributed by atoms with van der Waals surface area (Å²) in [5.41, 5.74) is -0.911. The quantitative estimate of drug-likeness (QED) is 0.520. The first kappa shape index (κ1) is 19.7. The first-order valence-corrected chi connectivity index (χ1v) is 10.4. The van der Waals surface area contributed by atoms with E-state index < -0.39 is 11.4 Å². The monoisotopic (exact) mass is 424 g/mol. The van der Waals surface area contributed by atoms with E-state index in [-0.39, 0.29) is 28.2 Å². The third-order valence-electron chi connectivity index (χ3n) is 6.78. The van der Waals surface area contributed by atoms with Crippen LogP contribution in [0.5, 0.6) is 0 Å². The number of rotatable bonds is 6. The molecule has 144 valence electrons. The molecule has 0 heterocycles. The lowest BCUT2D eigenvalue weighted by Gasteiger charge is -2.60. The van der Waals surface area contributed by atoms with Gasteiger partial charge in [0.1, 0.15) is 5.54 Å². The summed E-state index contributed by atoms with van der Waals surface area (Å²) in [6.07, 6.45) is 7.41. The van der Waals surface area contributed by atoms with Crippen LogP contribution in [-0.4, -0.2) is 28.3 Å². The lowest BCUT2D eigenvalue weighted by molar-refractivity contribution is -0.155. The highest BCUT2D eigenvalue weighted by Gasteiger charge is 2.57. The van der Waals surface area contributed by atoms with Crippen molar-refractivity contribution in [1.29, 1.82) is 5.26 Å². The minimum atomic E-state index is -0.953. The number of amides is 1. The van der Waals surface area contributed by atoms with Gasteiger partial charge in [-0.25, -0.2) is 0 Å². The van der Waals surface area contributed by atoms with Crippen molar-refractivity contribution in [1.82, 2.24) is 5.32 Å². The van der Waals surface area contributed by atoms with Crippen LogP contribution in [0, 0.1) is 34.5 Å². The van der Waals surface area contributed by atoms with Gasteiger partial charge in [0.05, 0.1) is 12.5 Å². The Bertz CT molecular complexity index is 627. The summed E-state index contributed by atoms with van der Waals surface area (Å²) in [4.78, 5) is 24.5. The maximum atomic E-state index is 12.4. The Morgan fingerprint density at radius 1 is 1.31 bits per heavy atom. The van der Waals surface area contributed by atoms with Crippen molar-refractivity contribution in [3.63, 3.8) is 0 Å². The van der Waals surface area contributed by atoms with Gasteiger partial charge in [0.2, 0.25) is 0 Å². The minimum absolute atomic E-state index is 0.0331. The van der Waals surface area contributed by atoms with E-state index in [1.54, 1.807) is 6.92 Å². The van der Waals surface area contributed by atoms with Gasteiger partial charge >= 0.3 is 5.97 Å². The van der Waals surface area contributed by atoms with Crippen molar-refractivity contribution in [2.75, 3.05) is 6.61 Å². The number of hydrogen-bond acceptors (Lipinski definition) is 4. The SMILES string of the molecule is CC(C)[C@](C)(C#N)NC(=O)COC(=O)CC12C[C@@H]3C[C@H](CC(Br)(C3)C1)C2. The van der Waals surface area contributed by atoms with Crippen molar-refractivity contribution >= 4 is 27.8 Å². The smallest absolute Gasteiger partial charge is 0.306 e. The van der Waals surface area contributed by atoms with Crippen molar-refractivity contribution in [3.05, 3.63) is 0 Å². The molecule has 1 N–H and O–H groups in total. The minimum Gasteiger partial charge on any atom is -0.456 e. The molecule has 3 atom stereocenters. The lowest BCUT2D eigenvalue weighted by atomic mass is 9.49. The molecular formula is C20H29BrN2O3. The first-order chi connectivity index (χ1) is 12.1. The summed E-state index contributed by atoms with van der Waals surface area (Å²) in [6, 6.07) is 2.13. The van der Waals surface area contributed by atoms with Crippen LogP contribution in [0.25, 0.3) is 0 Å². The Labute approximate surface area is 164 Å². The first-order valence-electron chi connectivity index (χ1n) is 9.64. The van der Waals surface area contributed by atoms with Crippen LogP contribution >= 0.6 is 15.9 Å². The molecule has 6 heteroatoms. The molecule has 4 saturated carbocycles. The third-order valence-corrected chi connectivity index (χ3v) is 7.71. The number of alkyl halides is 1. The van der Waals surface area contributed by atoms with Crippen LogP contribution in [0.2, 0.25) is 0 Å². The molecule has 0 radical (unpaired) electrons. The number of esters is 1. The zero-order chi connectivity index (χ0) is 19.2. The van der Waals surface area contributed by atoms with E-state index in [1.165, 1.54) is 19.3 Å². The van der Waals surface area contributed by atoms with Crippen LogP contribution in [-0.2, 0) is 14.3 Å². The van der Waals surface area contributed by atoms with E-state index in [0.717, 1.165) is 19.3 Å². The summed E-state index contributed by atoms with van der Waals surface area (Å²) in [7, 11) is 0. The number of hydrogen-bond donors (Lipinski definition) is 1. The number of ether oxygens (including phenoxy) is 1. The molecule has 0 aliphatic heterocycles. The van der Waals surface area contributed by atoms with Crippen molar-refractivity contribution < 1.29 is 14.3 Å². The molecule has 5 nitrogen and oxygen atoms in total. The molecule has 4 bridgehead atoms. The van der Waals surface area contributed by atoms with Gasteiger partial charge in [-0.05, 0) is 68.6 Å². The van der Waals surface area contributed by atoms with E-state index in [4.69, 9.17) is 4.74 Å². The highest BCUT2D eigenvalue weighted by atomic mass is 79.9. The second kappa shape index (κ2) is 6.82. The molecule has 0 aromatic carbocycles. The molecule has 4 fully saturated rings. The summed E-state index contributed by atoms with van der Waals surface area (Å²) in [5, 5.41) is 12.0. The molecule has 4 aliphatic rings. The standard InChI is InChI=1S/C20H29BrN2O3/c1-13(2)18(3,12-22)23-16(24)10-26-17(25)9-19-5-14-4-15(6-19)8-20(21,7-14)11-19/h13-15H,4-11H2,1-3H3,(H,23,24)/t14-,15-,18-,19?,20?/m0/s1. The summed E-state index contributed by atoms with van der Waals surface area (Å²) in [5.74, 6) is 0.692.